The Kier molecular flexibility index (Phi) is 7.73. The van der Waals surface area contributed by atoms with Crippen molar-refractivity contribution in [3.05, 3.63) is 41.7 Å². The van der Waals surface area contributed by atoms with Crippen LogP contribution in [-0.4, -0.2) is 23.4 Å². The van der Waals surface area contributed by atoms with Gasteiger partial charge >= 0.3 is 15.6 Å². The molecular weight excluding hydrogens is 460 g/mol. The number of rotatable bonds is 6. The van der Waals surface area contributed by atoms with Crippen LogP contribution in [0.2, 0.25) is 5.04 Å². The lowest BCUT2D eigenvalue weighted by atomic mass is 9.76. The zero-order valence-corrected chi connectivity index (χ0v) is 20.6. The van der Waals surface area contributed by atoms with E-state index in [4.69, 9.17) is 0 Å². The van der Waals surface area contributed by atoms with Crippen LogP contribution in [-0.2, 0) is 10.1 Å². The van der Waals surface area contributed by atoms with Crippen LogP contribution in [0.15, 0.2) is 30.3 Å². The summed E-state index contributed by atoms with van der Waals surface area (Å²) < 4.78 is 79.9. The molecule has 0 aliphatic carbocycles. The highest BCUT2D eigenvalue weighted by molar-refractivity contribution is 7.88. The molecular formula is C23H26F4O3SSi. The molecule has 3 nitrogen and oxygen atoms in total. The van der Waals surface area contributed by atoms with Gasteiger partial charge in [-0.15, -0.1) is 5.54 Å². The molecule has 9 heteroatoms. The SMILES string of the molecule is CC(C)C([Si]C#Cc1cccc2cc(F)cc(OS(=O)(=O)C(F)(F)F)c12)(C(C)C)C(C)C. The van der Waals surface area contributed by atoms with E-state index in [2.05, 4.69) is 57.2 Å². The first-order valence-electron chi connectivity index (χ1n) is 10.1. The minimum absolute atomic E-state index is 0.0169. The van der Waals surface area contributed by atoms with Crippen molar-refractivity contribution >= 4 is 30.4 Å². The lowest BCUT2D eigenvalue weighted by Crippen LogP contribution is -2.36. The van der Waals surface area contributed by atoms with Crippen LogP contribution < -0.4 is 4.18 Å². The summed E-state index contributed by atoms with van der Waals surface area (Å²) in [6.07, 6.45) is 0. The number of alkyl halides is 3. The van der Waals surface area contributed by atoms with Gasteiger partial charge in [-0.05, 0) is 40.3 Å². The van der Waals surface area contributed by atoms with Crippen LogP contribution in [0, 0.1) is 35.0 Å². The van der Waals surface area contributed by atoms with Crippen molar-refractivity contribution in [1.82, 2.24) is 0 Å². The first-order chi connectivity index (χ1) is 14.6. The van der Waals surface area contributed by atoms with E-state index in [0.29, 0.717) is 23.8 Å². The molecule has 2 aromatic rings. The highest BCUT2D eigenvalue weighted by atomic mass is 32.2. The highest BCUT2D eigenvalue weighted by Crippen LogP contribution is 2.49. The Morgan fingerprint density at radius 1 is 0.969 bits per heavy atom. The highest BCUT2D eigenvalue weighted by Gasteiger charge is 2.49. The number of hydrogen-bond acceptors (Lipinski definition) is 3. The topological polar surface area (TPSA) is 43.4 Å². The predicted octanol–water partition coefficient (Wildman–Crippen LogP) is 6.35. The first kappa shape index (κ1) is 26.2. The van der Waals surface area contributed by atoms with Gasteiger partial charge in [-0.2, -0.15) is 21.6 Å². The lowest BCUT2D eigenvalue weighted by Gasteiger charge is -2.43. The molecule has 0 atom stereocenters. The van der Waals surface area contributed by atoms with E-state index in [1.54, 1.807) is 12.1 Å². The van der Waals surface area contributed by atoms with Crippen molar-refractivity contribution in [2.45, 2.75) is 52.1 Å². The molecule has 32 heavy (non-hydrogen) atoms. The van der Waals surface area contributed by atoms with Crippen molar-refractivity contribution in [2.75, 3.05) is 0 Å². The van der Waals surface area contributed by atoms with Crippen molar-refractivity contribution in [1.29, 1.82) is 0 Å². The second-order valence-electron chi connectivity index (χ2n) is 8.56. The van der Waals surface area contributed by atoms with E-state index >= 15 is 0 Å². The number of halogens is 4. The van der Waals surface area contributed by atoms with Crippen LogP contribution in [0.1, 0.15) is 47.1 Å². The van der Waals surface area contributed by atoms with E-state index in [1.165, 1.54) is 6.07 Å². The molecule has 2 radical (unpaired) electrons. The summed E-state index contributed by atoms with van der Waals surface area (Å²) in [5.41, 5.74) is -2.20. The molecule has 0 amide bonds. The van der Waals surface area contributed by atoms with Crippen LogP contribution in [0.3, 0.4) is 0 Å². The third-order valence-corrected chi connectivity index (χ3v) is 9.11. The van der Waals surface area contributed by atoms with Crippen LogP contribution in [0.25, 0.3) is 10.8 Å². The van der Waals surface area contributed by atoms with Crippen LogP contribution in [0.5, 0.6) is 5.75 Å². The summed E-state index contributed by atoms with van der Waals surface area (Å²) >= 11 is 0. The fraction of sp³-hybridized carbons (Fsp3) is 0.478. The molecule has 0 heterocycles. The second-order valence-corrected chi connectivity index (χ2v) is 11.5. The van der Waals surface area contributed by atoms with E-state index in [-0.39, 0.29) is 30.9 Å². The van der Waals surface area contributed by atoms with E-state index in [0.717, 1.165) is 6.07 Å². The van der Waals surface area contributed by atoms with Crippen molar-refractivity contribution in [3.8, 4) is 17.2 Å². The number of benzene rings is 2. The zero-order valence-electron chi connectivity index (χ0n) is 18.8. The van der Waals surface area contributed by atoms with Gasteiger partial charge in [0.15, 0.2) is 15.3 Å². The van der Waals surface area contributed by atoms with Gasteiger partial charge in [0, 0.05) is 17.0 Å². The van der Waals surface area contributed by atoms with Gasteiger partial charge in [-0.1, -0.05) is 59.6 Å². The maximum atomic E-state index is 14.0. The van der Waals surface area contributed by atoms with Gasteiger partial charge in [0.05, 0.1) is 0 Å². The van der Waals surface area contributed by atoms with Gasteiger partial charge in [0.25, 0.3) is 0 Å². The first-order valence-corrected chi connectivity index (χ1v) is 12.6. The maximum absolute atomic E-state index is 14.0. The summed E-state index contributed by atoms with van der Waals surface area (Å²) in [5.74, 6) is 2.33. The molecule has 2 aromatic carbocycles. The van der Waals surface area contributed by atoms with Gasteiger partial charge in [0.2, 0.25) is 0 Å². The summed E-state index contributed by atoms with van der Waals surface area (Å²) in [4.78, 5) is 0. The van der Waals surface area contributed by atoms with Crippen molar-refractivity contribution in [2.24, 2.45) is 17.8 Å². The summed E-state index contributed by atoms with van der Waals surface area (Å²) in [7, 11) is -5.73. The molecule has 0 N–H and O–H groups in total. The Hall–Kier alpha value is -2.05. The predicted molar refractivity (Wildman–Crippen MR) is 119 cm³/mol. The van der Waals surface area contributed by atoms with E-state index < -0.39 is 27.2 Å². The molecule has 0 aliphatic heterocycles. The van der Waals surface area contributed by atoms with Gasteiger partial charge in [-0.25, -0.2) is 4.39 Å². The average molecular weight is 487 g/mol. The molecule has 0 saturated heterocycles. The van der Waals surface area contributed by atoms with E-state index in [9.17, 15) is 26.0 Å². The second kappa shape index (κ2) is 9.44. The summed E-state index contributed by atoms with van der Waals surface area (Å²) in [6, 6.07) is 6.31. The monoisotopic (exact) mass is 486 g/mol. The Labute approximate surface area is 189 Å². The molecule has 0 unspecified atom stereocenters. The largest absolute Gasteiger partial charge is 0.534 e. The normalized spacial score (nSPS) is 13.0. The fourth-order valence-electron chi connectivity index (χ4n) is 4.33. The Balaban J connectivity index is 2.63. The van der Waals surface area contributed by atoms with Crippen molar-refractivity contribution in [3.63, 3.8) is 0 Å². The molecule has 2 rings (SSSR count). The standard InChI is InChI=1S/C23H26F4O3SSi/c1-14(2)22(15(3)4,16(5)6)32-11-10-17-8-7-9-18-12-19(24)13-20(21(17)18)30-31(28,29)23(25,26)27/h7-9,12-16H,1-6H3. The number of fused-ring (bicyclic) bond motifs is 1. The van der Waals surface area contributed by atoms with Crippen molar-refractivity contribution < 1.29 is 30.2 Å². The Morgan fingerprint density at radius 3 is 2.03 bits per heavy atom. The lowest BCUT2D eigenvalue weighted by molar-refractivity contribution is -0.0499. The smallest absolute Gasteiger partial charge is 0.375 e. The zero-order chi connectivity index (χ0) is 24.5. The quantitative estimate of drug-likeness (QED) is 0.157. The maximum Gasteiger partial charge on any atom is 0.534 e. The minimum Gasteiger partial charge on any atom is -0.375 e. The molecule has 0 aliphatic rings. The Bertz CT molecular complexity index is 1120. The van der Waals surface area contributed by atoms with Crippen LogP contribution in [0.4, 0.5) is 17.6 Å². The van der Waals surface area contributed by atoms with Gasteiger partial charge in [0.1, 0.15) is 5.82 Å². The molecule has 0 spiro atoms. The molecule has 0 aromatic heterocycles. The average Bonchev–Trinajstić information content (AvgIpc) is 2.62. The molecule has 0 fully saturated rings. The number of hydrogen-bond donors (Lipinski definition) is 0. The summed E-state index contributed by atoms with van der Waals surface area (Å²) in [5, 5.41) is 0.140. The van der Waals surface area contributed by atoms with Crippen LogP contribution >= 0.6 is 0 Å². The molecule has 0 saturated carbocycles. The minimum atomic E-state index is -5.97. The molecule has 174 valence electrons. The van der Waals surface area contributed by atoms with E-state index in [1.807, 2.05) is 0 Å². The summed E-state index contributed by atoms with van der Waals surface area (Å²) in [6.45, 7) is 12.9. The van der Waals surface area contributed by atoms with Gasteiger partial charge in [-0.3, -0.25) is 0 Å². The van der Waals surface area contributed by atoms with Gasteiger partial charge < -0.3 is 4.18 Å². The fourth-order valence-corrected chi connectivity index (χ4v) is 6.07. The molecule has 0 bridgehead atoms. The third kappa shape index (κ3) is 5.12. The Morgan fingerprint density at radius 2 is 1.53 bits per heavy atom. The third-order valence-electron chi connectivity index (χ3n) is 5.73.